The van der Waals surface area contributed by atoms with E-state index in [0.717, 1.165) is 38.8 Å². The molecule has 70 heavy (non-hydrogen) atoms. The molecule has 2 rings (SSSR count). The molecule has 0 unspecified atom stereocenters. The van der Waals surface area contributed by atoms with Gasteiger partial charge in [0.25, 0.3) is 0 Å². The number of hydrogen-bond acceptors (Lipinski definition) is 12. The van der Waals surface area contributed by atoms with Crippen molar-refractivity contribution in [3.05, 3.63) is 47.5 Å². The summed E-state index contributed by atoms with van der Waals surface area (Å²) in [7, 11) is 0. The number of alkyl carbamates (subject to hydrolysis) is 1. The van der Waals surface area contributed by atoms with Gasteiger partial charge in [-0.05, 0) is 108 Å². The first-order valence-corrected chi connectivity index (χ1v) is 26.5. The van der Waals surface area contributed by atoms with Crippen LogP contribution < -0.4 is 16.2 Å². The minimum Gasteiger partial charge on any atom is -0.548 e. The smallest absolute Gasteiger partial charge is 0.408 e. The van der Waals surface area contributed by atoms with Crippen molar-refractivity contribution < 1.29 is 59.4 Å². The Labute approximate surface area is 424 Å². The number of quaternary nitrogens is 1. The van der Waals surface area contributed by atoms with Gasteiger partial charge in [-0.25, -0.2) is 4.79 Å². The number of ether oxygens (including phenoxy) is 1. The van der Waals surface area contributed by atoms with E-state index < -0.39 is 35.7 Å². The highest BCUT2D eigenvalue weighted by atomic mass is 16.6. The molecule has 0 aliphatic carbocycles. The van der Waals surface area contributed by atoms with Gasteiger partial charge in [-0.3, -0.25) is 4.79 Å². The van der Waals surface area contributed by atoms with Crippen LogP contribution in [0.2, 0.25) is 0 Å². The standard InChI is InChI=1S/C16H36N.C14H19NO6.C9H11NO4.C8H19NO.C8H18/c1-5-9-13-17(14-10-6-2,15-11-7-3)16-12-8-4;1-14(2,3)21-13(20)15-9(12(18)19)6-8-4-5-10(16)11(17)7-8;10-6(9(13)14)3-5-1-2-7(11)8(12)4-5;1-3-5-7-9(10)8-6-4-2;1-3-5-7-8-6-4-2/h5-16H2,1-4H3;4-5,7,9,16-17H,6H2,1-3H3,(H,15,20)(H,18,19);1-2,4,6,11-12H,3,10H2,(H,13,14);10H,3-8H2,1-2H3;3-8H2,1-2H3/q+1;;;;/p-1/t;9-;6-;;/m.00../s1. The molecule has 0 spiro atoms. The quantitative estimate of drug-likeness (QED) is 0.0157. The van der Waals surface area contributed by atoms with Crippen molar-refractivity contribution in [2.75, 3.05) is 39.3 Å². The number of hydrogen-bond donors (Lipinski definition) is 8. The molecule has 9 N–H and O–H groups in total. The number of carbonyl (C=O) groups excluding carboxylic acids is 2. The number of phenols is 4. The summed E-state index contributed by atoms with van der Waals surface area (Å²) in [5, 5.41) is 69.0. The average molecular weight is 995 g/mol. The number of nitrogens with one attached hydrogen (secondary N) is 1. The second-order valence-electron chi connectivity index (χ2n) is 19.2. The van der Waals surface area contributed by atoms with E-state index in [2.05, 4.69) is 60.7 Å². The Hall–Kier alpha value is -4.31. The molecule has 408 valence electrons. The molecule has 1 amide bonds. The largest absolute Gasteiger partial charge is 0.548 e. The van der Waals surface area contributed by atoms with E-state index in [-0.39, 0.29) is 35.8 Å². The fourth-order valence-corrected chi connectivity index (χ4v) is 6.90. The fraction of sp³-hybridized carbons (Fsp3) is 0.727. The molecule has 2 aromatic carbocycles. The molecule has 15 nitrogen and oxygen atoms in total. The van der Waals surface area contributed by atoms with Crippen LogP contribution in [0.1, 0.15) is 203 Å². The van der Waals surface area contributed by atoms with Crippen LogP contribution in [0.25, 0.3) is 0 Å². The van der Waals surface area contributed by atoms with Gasteiger partial charge in [0.1, 0.15) is 11.6 Å². The van der Waals surface area contributed by atoms with Crippen LogP contribution in [0.3, 0.4) is 0 Å². The highest BCUT2D eigenvalue weighted by Gasteiger charge is 2.25. The summed E-state index contributed by atoms with van der Waals surface area (Å²) >= 11 is 0. The zero-order valence-electron chi connectivity index (χ0n) is 45.7. The summed E-state index contributed by atoms with van der Waals surface area (Å²) in [6.45, 7) is 30.4. The highest BCUT2D eigenvalue weighted by Crippen LogP contribution is 2.26. The lowest BCUT2D eigenvalue weighted by Crippen LogP contribution is -2.50. The van der Waals surface area contributed by atoms with Crippen molar-refractivity contribution in [3.63, 3.8) is 0 Å². The molecular formula is C55H102N4O11. The van der Waals surface area contributed by atoms with Crippen molar-refractivity contribution in [2.45, 2.75) is 222 Å². The van der Waals surface area contributed by atoms with E-state index in [1.54, 1.807) is 20.8 Å². The van der Waals surface area contributed by atoms with E-state index in [1.807, 2.05) is 0 Å². The zero-order valence-corrected chi connectivity index (χ0v) is 45.7. The molecule has 2 atom stereocenters. The minimum absolute atomic E-state index is 0.114. The Bertz CT molecular complexity index is 1550. The number of carboxylic acids is 2. The lowest BCUT2D eigenvalue weighted by molar-refractivity contribution is -0.929. The van der Waals surface area contributed by atoms with Crippen LogP contribution in [0.4, 0.5) is 4.79 Å². The number of aromatic hydroxyl groups is 4. The lowest BCUT2D eigenvalue weighted by atomic mass is 10.1. The van der Waals surface area contributed by atoms with Gasteiger partial charge >= 0.3 is 12.1 Å². The average Bonchev–Trinajstić information content (AvgIpc) is 3.31. The van der Waals surface area contributed by atoms with E-state index in [9.17, 15) is 29.7 Å². The molecule has 0 heterocycles. The summed E-state index contributed by atoms with van der Waals surface area (Å²) in [6, 6.07) is 5.64. The number of amides is 1. The van der Waals surface area contributed by atoms with Crippen LogP contribution in [0, 0.1) is 0 Å². The van der Waals surface area contributed by atoms with Crippen molar-refractivity contribution in [3.8, 4) is 23.0 Å². The van der Waals surface area contributed by atoms with E-state index >= 15 is 0 Å². The van der Waals surface area contributed by atoms with Crippen molar-refractivity contribution in [2.24, 2.45) is 5.73 Å². The number of carboxylic acid groups (broad SMARTS) is 2. The molecule has 0 aromatic heterocycles. The number of hydroxylamine groups is 2. The predicted octanol–water partition coefficient (Wildman–Crippen LogP) is 11.0. The number of nitrogens with two attached hydrogens (primary N) is 1. The number of unbranched alkanes of at least 4 members (excludes halogenated alkanes) is 11. The second kappa shape index (κ2) is 43.5. The third-order valence-corrected chi connectivity index (χ3v) is 11.2. The van der Waals surface area contributed by atoms with Gasteiger partial charge in [-0.15, -0.1) is 0 Å². The van der Waals surface area contributed by atoms with Crippen LogP contribution >= 0.6 is 0 Å². The Morgan fingerprint density at radius 2 is 0.957 bits per heavy atom. The summed E-state index contributed by atoms with van der Waals surface area (Å²) in [5.74, 6) is -3.78. The highest BCUT2D eigenvalue weighted by molar-refractivity contribution is 5.79. The van der Waals surface area contributed by atoms with Crippen LogP contribution in [-0.4, -0.2) is 115 Å². The van der Waals surface area contributed by atoms with Crippen molar-refractivity contribution in [1.82, 2.24) is 10.4 Å². The monoisotopic (exact) mass is 995 g/mol. The molecule has 0 saturated heterocycles. The lowest BCUT2D eigenvalue weighted by Gasteiger charge is -2.39. The summed E-state index contributed by atoms with van der Waals surface area (Å²) in [6.07, 6.45) is 23.2. The molecule has 0 aliphatic rings. The molecule has 15 heteroatoms. The predicted molar refractivity (Wildman–Crippen MR) is 282 cm³/mol. The molecule has 0 radical (unpaired) electrons. The van der Waals surface area contributed by atoms with E-state index in [0.29, 0.717) is 11.1 Å². The second-order valence-corrected chi connectivity index (χ2v) is 19.2. The van der Waals surface area contributed by atoms with Gasteiger partial charge in [-0.2, -0.15) is 5.06 Å². The molecule has 0 bridgehead atoms. The Kier molecular flexibility index (Phi) is 43.4. The van der Waals surface area contributed by atoms with Gasteiger partial charge in [-0.1, -0.05) is 145 Å². The van der Waals surface area contributed by atoms with Gasteiger partial charge in [0, 0.05) is 13.1 Å². The minimum atomic E-state index is -1.48. The van der Waals surface area contributed by atoms with Crippen LogP contribution in [0.5, 0.6) is 23.0 Å². The maximum absolute atomic E-state index is 11.6. The normalized spacial score (nSPS) is 11.8. The fourth-order valence-electron chi connectivity index (χ4n) is 6.90. The van der Waals surface area contributed by atoms with E-state index in [1.165, 1.54) is 162 Å². The van der Waals surface area contributed by atoms with Gasteiger partial charge in [0.05, 0.1) is 38.2 Å². The first-order chi connectivity index (χ1) is 33.0. The molecule has 2 aromatic rings. The first kappa shape index (κ1) is 69.9. The molecular weight excluding hydrogens is 893 g/mol. The Morgan fingerprint density at radius 3 is 1.26 bits per heavy atom. The number of benzene rings is 2. The maximum atomic E-state index is 11.6. The van der Waals surface area contributed by atoms with E-state index in [4.69, 9.17) is 31.0 Å². The summed E-state index contributed by atoms with van der Waals surface area (Å²) in [4.78, 5) is 33.1. The Balaban J connectivity index is -0.000000833. The number of aliphatic carboxylic acids is 2. The van der Waals surface area contributed by atoms with Crippen LogP contribution in [0.15, 0.2) is 36.4 Å². The first-order valence-electron chi connectivity index (χ1n) is 26.5. The topological polar surface area (TPSA) is 246 Å². The SMILES string of the molecule is CC(C)(C)OC(=O)N[C@@H](Cc1ccc(O)c(O)c1)C(=O)[O-].CCCCCCCC.CCCCN(O)CCCC.CCCC[N+](CCCC)(CCCC)CCCC.N[C@@H](Cc1ccc(O)c(O)c1)C(=O)O. The number of phenolic OH excluding ortho intramolecular Hbond substituents is 4. The molecule has 0 saturated carbocycles. The third kappa shape index (κ3) is 39.4. The number of nitrogens with zero attached hydrogens (tertiary/aromatic N) is 2. The third-order valence-electron chi connectivity index (χ3n) is 11.2. The summed E-state index contributed by atoms with van der Waals surface area (Å²) in [5.41, 5.74) is 5.52. The Morgan fingerprint density at radius 1 is 0.600 bits per heavy atom. The van der Waals surface area contributed by atoms with Crippen molar-refractivity contribution >= 4 is 18.0 Å². The number of carbonyl (C=O) groups is 3. The van der Waals surface area contributed by atoms with Gasteiger partial charge < -0.3 is 60.9 Å². The maximum Gasteiger partial charge on any atom is 0.408 e. The summed E-state index contributed by atoms with van der Waals surface area (Å²) < 4.78 is 6.39. The van der Waals surface area contributed by atoms with Crippen molar-refractivity contribution in [1.29, 1.82) is 0 Å². The number of rotatable bonds is 30. The van der Waals surface area contributed by atoms with Crippen LogP contribution in [-0.2, 0) is 27.2 Å². The zero-order chi connectivity index (χ0) is 54.0. The van der Waals surface area contributed by atoms with Gasteiger partial charge in [0.15, 0.2) is 23.0 Å². The molecule has 0 fully saturated rings. The molecule has 0 aliphatic heterocycles. The van der Waals surface area contributed by atoms with Gasteiger partial charge in [0.2, 0.25) is 0 Å².